The molecule has 0 aromatic heterocycles. The van der Waals surface area contributed by atoms with Crippen LogP contribution in [0.25, 0.3) is 0 Å². The van der Waals surface area contributed by atoms with Gasteiger partial charge in [0.25, 0.3) is 0 Å². The third-order valence-corrected chi connectivity index (χ3v) is 1.85. The van der Waals surface area contributed by atoms with Crippen LogP contribution >= 0.6 is 0 Å². The fourth-order valence-corrected chi connectivity index (χ4v) is 0.995. The van der Waals surface area contributed by atoms with Gasteiger partial charge in [-0.15, -0.1) is 0 Å². The van der Waals surface area contributed by atoms with Crippen molar-refractivity contribution in [3.63, 3.8) is 0 Å². The summed E-state index contributed by atoms with van der Waals surface area (Å²) < 4.78 is 13.8. The lowest BCUT2D eigenvalue weighted by Gasteiger charge is -2.03. The Morgan fingerprint density at radius 2 is 1.67 bits per heavy atom. The van der Waals surface area contributed by atoms with Crippen molar-refractivity contribution in [2.24, 2.45) is 0 Å². The molecule has 0 aliphatic carbocycles. The van der Waals surface area contributed by atoms with Gasteiger partial charge in [-0.2, -0.15) is 0 Å². The van der Waals surface area contributed by atoms with Gasteiger partial charge in [-0.3, -0.25) is 14.4 Å². The molecule has 0 unspecified atom stereocenters. The van der Waals surface area contributed by atoms with Gasteiger partial charge in [0.1, 0.15) is 13.2 Å². The first-order chi connectivity index (χ1) is 8.56. The van der Waals surface area contributed by atoms with E-state index in [2.05, 4.69) is 9.47 Å². The number of rotatable bonds is 8. The summed E-state index contributed by atoms with van der Waals surface area (Å²) in [5.74, 6) is -1.10. The largest absolute Gasteiger partial charge is 0.469 e. The van der Waals surface area contributed by atoms with Crippen LogP contribution in [0.1, 0.15) is 26.2 Å². The SMILES string of the molecule is COC(=O)C/C=C/CCC(=O)OCCOC(C)=O. The van der Waals surface area contributed by atoms with Crippen LogP contribution in [-0.4, -0.2) is 38.2 Å². The molecule has 0 aromatic rings. The van der Waals surface area contributed by atoms with Crippen molar-refractivity contribution in [2.45, 2.75) is 26.2 Å². The highest BCUT2D eigenvalue weighted by Gasteiger charge is 2.01. The van der Waals surface area contributed by atoms with E-state index in [1.54, 1.807) is 12.2 Å². The van der Waals surface area contributed by atoms with Gasteiger partial charge in [-0.1, -0.05) is 12.2 Å². The van der Waals surface area contributed by atoms with Crippen molar-refractivity contribution >= 4 is 17.9 Å². The molecular formula is C12H18O6. The molecule has 6 heteroatoms. The molecule has 0 N–H and O–H groups in total. The van der Waals surface area contributed by atoms with Crippen LogP contribution in [0.3, 0.4) is 0 Å². The lowest BCUT2D eigenvalue weighted by molar-refractivity contribution is -0.150. The fourth-order valence-electron chi connectivity index (χ4n) is 0.995. The lowest BCUT2D eigenvalue weighted by atomic mass is 10.2. The number of hydrogen-bond acceptors (Lipinski definition) is 6. The molecule has 0 aromatic carbocycles. The summed E-state index contributed by atoms with van der Waals surface area (Å²) in [6.45, 7) is 1.41. The number of esters is 3. The summed E-state index contributed by atoms with van der Waals surface area (Å²) in [5, 5.41) is 0. The molecule has 0 radical (unpaired) electrons. The summed E-state index contributed by atoms with van der Waals surface area (Å²) in [5.41, 5.74) is 0. The quantitative estimate of drug-likeness (QED) is 0.279. The van der Waals surface area contributed by atoms with Gasteiger partial charge >= 0.3 is 17.9 Å². The summed E-state index contributed by atoms with van der Waals surface area (Å²) in [6, 6.07) is 0. The van der Waals surface area contributed by atoms with Gasteiger partial charge in [0, 0.05) is 13.3 Å². The number of ether oxygens (including phenoxy) is 3. The monoisotopic (exact) mass is 258 g/mol. The fraction of sp³-hybridized carbons (Fsp3) is 0.583. The van der Waals surface area contributed by atoms with Gasteiger partial charge in [-0.05, 0) is 6.42 Å². The predicted molar refractivity (Wildman–Crippen MR) is 62.6 cm³/mol. The van der Waals surface area contributed by atoms with Crippen LogP contribution in [0.15, 0.2) is 12.2 Å². The number of methoxy groups -OCH3 is 1. The summed E-state index contributed by atoms with van der Waals surface area (Å²) in [6.07, 6.45) is 4.25. The average Bonchev–Trinajstić information content (AvgIpc) is 2.33. The molecule has 0 aliphatic rings. The highest BCUT2D eigenvalue weighted by atomic mass is 16.6. The van der Waals surface area contributed by atoms with Crippen molar-refractivity contribution in [2.75, 3.05) is 20.3 Å². The van der Waals surface area contributed by atoms with Crippen LogP contribution < -0.4 is 0 Å². The zero-order valence-corrected chi connectivity index (χ0v) is 10.6. The summed E-state index contributed by atoms with van der Waals surface area (Å²) in [4.78, 5) is 32.3. The topological polar surface area (TPSA) is 78.9 Å². The molecule has 0 saturated carbocycles. The van der Waals surface area contributed by atoms with Crippen molar-refractivity contribution in [1.82, 2.24) is 0 Å². The first-order valence-electron chi connectivity index (χ1n) is 5.57. The van der Waals surface area contributed by atoms with Crippen LogP contribution in [-0.2, 0) is 28.6 Å². The lowest BCUT2D eigenvalue weighted by Crippen LogP contribution is -2.11. The Hall–Kier alpha value is -1.85. The first-order valence-corrected chi connectivity index (χ1v) is 5.57. The molecule has 0 spiro atoms. The van der Waals surface area contributed by atoms with Gasteiger partial charge in [0.15, 0.2) is 0 Å². The zero-order chi connectivity index (χ0) is 13.8. The summed E-state index contributed by atoms with van der Waals surface area (Å²) in [7, 11) is 1.32. The van der Waals surface area contributed by atoms with Crippen LogP contribution in [0, 0.1) is 0 Å². The molecule has 0 atom stereocenters. The normalized spacial score (nSPS) is 10.1. The Labute approximate surface area is 106 Å². The number of hydrogen-bond donors (Lipinski definition) is 0. The predicted octanol–water partition coefficient (Wildman–Crippen LogP) is 0.992. The van der Waals surface area contributed by atoms with Crippen molar-refractivity contribution in [3.05, 3.63) is 12.2 Å². The first kappa shape index (κ1) is 16.1. The van der Waals surface area contributed by atoms with Gasteiger partial charge in [-0.25, -0.2) is 0 Å². The maximum atomic E-state index is 11.2. The minimum Gasteiger partial charge on any atom is -0.469 e. The van der Waals surface area contributed by atoms with E-state index in [9.17, 15) is 14.4 Å². The van der Waals surface area contributed by atoms with Crippen LogP contribution in [0.5, 0.6) is 0 Å². The minimum absolute atomic E-state index is 0.0598. The number of carbonyl (C=O) groups is 3. The second-order valence-corrected chi connectivity index (χ2v) is 3.35. The van der Waals surface area contributed by atoms with Crippen LogP contribution in [0.4, 0.5) is 0 Å². The Kier molecular flexibility index (Phi) is 9.25. The molecule has 0 heterocycles. The average molecular weight is 258 g/mol. The van der Waals surface area contributed by atoms with Crippen molar-refractivity contribution in [1.29, 1.82) is 0 Å². The van der Waals surface area contributed by atoms with Crippen molar-refractivity contribution in [3.8, 4) is 0 Å². The molecule has 0 amide bonds. The van der Waals surface area contributed by atoms with Gasteiger partial charge in [0.2, 0.25) is 0 Å². The maximum Gasteiger partial charge on any atom is 0.309 e. The molecule has 0 saturated heterocycles. The molecule has 0 fully saturated rings. The Morgan fingerprint density at radius 1 is 1.00 bits per heavy atom. The highest BCUT2D eigenvalue weighted by molar-refractivity contribution is 5.71. The number of carbonyl (C=O) groups excluding carboxylic acids is 3. The second kappa shape index (κ2) is 10.3. The molecular weight excluding hydrogens is 240 g/mol. The molecule has 102 valence electrons. The highest BCUT2D eigenvalue weighted by Crippen LogP contribution is 1.96. The maximum absolute atomic E-state index is 11.2. The van der Waals surface area contributed by atoms with E-state index >= 15 is 0 Å². The second-order valence-electron chi connectivity index (χ2n) is 3.35. The summed E-state index contributed by atoms with van der Waals surface area (Å²) >= 11 is 0. The van der Waals surface area contributed by atoms with Gasteiger partial charge in [0.05, 0.1) is 13.5 Å². The van der Waals surface area contributed by atoms with E-state index in [-0.39, 0.29) is 38.0 Å². The molecule has 0 bridgehead atoms. The Bertz CT molecular complexity index is 308. The number of allylic oxidation sites excluding steroid dienone is 1. The molecule has 18 heavy (non-hydrogen) atoms. The van der Waals surface area contributed by atoms with E-state index in [0.717, 1.165) is 0 Å². The van der Waals surface area contributed by atoms with Crippen molar-refractivity contribution < 1.29 is 28.6 Å². The van der Waals surface area contributed by atoms with Gasteiger partial charge < -0.3 is 14.2 Å². The molecule has 0 aliphatic heterocycles. The molecule has 6 nitrogen and oxygen atoms in total. The Morgan fingerprint density at radius 3 is 2.28 bits per heavy atom. The van der Waals surface area contributed by atoms with E-state index < -0.39 is 5.97 Å². The van der Waals surface area contributed by atoms with E-state index in [1.165, 1.54) is 14.0 Å². The Balaban J connectivity index is 3.47. The third kappa shape index (κ3) is 10.7. The van der Waals surface area contributed by atoms with E-state index in [0.29, 0.717) is 6.42 Å². The zero-order valence-electron chi connectivity index (χ0n) is 10.6. The minimum atomic E-state index is -0.406. The molecule has 0 rings (SSSR count). The van der Waals surface area contributed by atoms with E-state index in [4.69, 9.17) is 4.74 Å². The smallest absolute Gasteiger partial charge is 0.309 e. The standard InChI is InChI=1S/C12H18O6/c1-10(13)17-8-9-18-12(15)7-5-3-4-6-11(14)16-2/h3-4H,5-9H2,1-2H3/b4-3+. The third-order valence-electron chi connectivity index (χ3n) is 1.85. The van der Waals surface area contributed by atoms with Crippen LogP contribution in [0.2, 0.25) is 0 Å². The van der Waals surface area contributed by atoms with E-state index in [1.807, 2.05) is 0 Å².